The fraction of sp³-hybridized carbons (Fsp3) is 0.750. The average molecular weight is 276 g/mol. The number of nitrogen functional groups attached to an aromatic ring is 1. The predicted molar refractivity (Wildman–Crippen MR) is 85.1 cm³/mol. The molecule has 20 heavy (non-hydrogen) atoms. The zero-order valence-electron chi connectivity index (χ0n) is 13.5. The molecule has 4 heteroatoms. The normalized spacial score (nSPS) is 18.6. The molecule has 0 radical (unpaired) electrons. The molecule has 0 saturated carbocycles. The number of anilines is 2. The summed E-state index contributed by atoms with van der Waals surface area (Å²) in [5, 5.41) is 0. The molecule has 0 bridgehead atoms. The summed E-state index contributed by atoms with van der Waals surface area (Å²) >= 11 is 0. The SMILES string of the molecule is CCC1(C)CCN(c2nc(C(C)C)nc(N)c2C)CC1. The molecular weight excluding hydrogens is 248 g/mol. The summed E-state index contributed by atoms with van der Waals surface area (Å²) in [6.45, 7) is 13.1. The summed E-state index contributed by atoms with van der Waals surface area (Å²) in [7, 11) is 0. The Bertz CT molecular complexity index is 474. The van der Waals surface area contributed by atoms with Crippen LogP contribution in [0.4, 0.5) is 11.6 Å². The maximum absolute atomic E-state index is 6.07. The van der Waals surface area contributed by atoms with E-state index in [0.717, 1.165) is 30.3 Å². The summed E-state index contributed by atoms with van der Waals surface area (Å²) in [5.74, 6) is 2.83. The number of nitrogens with zero attached hydrogens (tertiary/aromatic N) is 3. The van der Waals surface area contributed by atoms with Gasteiger partial charge in [-0.3, -0.25) is 0 Å². The van der Waals surface area contributed by atoms with E-state index in [9.17, 15) is 0 Å². The molecule has 2 rings (SSSR count). The van der Waals surface area contributed by atoms with Crippen LogP contribution in [-0.2, 0) is 0 Å². The predicted octanol–water partition coefficient (Wildman–Crippen LogP) is 3.51. The molecule has 0 aromatic carbocycles. The van der Waals surface area contributed by atoms with Crippen molar-refractivity contribution in [1.29, 1.82) is 0 Å². The number of hydrogen-bond donors (Lipinski definition) is 1. The lowest BCUT2D eigenvalue weighted by atomic mass is 9.78. The van der Waals surface area contributed by atoms with Gasteiger partial charge in [0.2, 0.25) is 0 Å². The summed E-state index contributed by atoms with van der Waals surface area (Å²) < 4.78 is 0. The van der Waals surface area contributed by atoms with Crippen LogP contribution in [0.3, 0.4) is 0 Å². The van der Waals surface area contributed by atoms with Crippen LogP contribution >= 0.6 is 0 Å². The van der Waals surface area contributed by atoms with Gasteiger partial charge in [-0.25, -0.2) is 9.97 Å². The zero-order chi connectivity index (χ0) is 14.9. The van der Waals surface area contributed by atoms with Crippen molar-refractivity contribution in [2.24, 2.45) is 5.41 Å². The van der Waals surface area contributed by atoms with Crippen molar-refractivity contribution in [3.8, 4) is 0 Å². The van der Waals surface area contributed by atoms with Crippen LogP contribution in [0.2, 0.25) is 0 Å². The van der Waals surface area contributed by atoms with Crippen LogP contribution < -0.4 is 10.6 Å². The van der Waals surface area contributed by atoms with E-state index in [1.807, 2.05) is 6.92 Å². The average Bonchev–Trinajstić information content (AvgIpc) is 2.42. The Kier molecular flexibility index (Phi) is 4.21. The Morgan fingerprint density at radius 1 is 1.25 bits per heavy atom. The third-order valence-corrected chi connectivity index (χ3v) is 4.82. The van der Waals surface area contributed by atoms with Gasteiger partial charge in [-0.05, 0) is 25.2 Å². The van der Waals surface area contributed by atoms with Crippen LogP contribution in [0.5, 0.6) is 0 Å². The third kappa shape index (κ3) is 2.89. The number of nitrogens with two attached hydrogens (primary N) is 1. The molecule has 1 aliphatic heterocycles. The van der Waals surface area contributed by atoms with Gasteiger partial charge >= 0.3 is 0 Å². The zero-order valence-corrected chi connectivity index (χ0v) is 13.5. The van der Waals surface area contributed by atoms with Gasteiger partial charge in [0, 0.05) is 24.6 Å². The molecule has 2 N–H and O–H groups in total. The maximum atomic E-state index is 6.07. The van der Waals surface area contributed by atoms with Gasteiger partial charge in [0.05, 0.1) is 0 Å². The highest BCUT2D eigenvalue weighted by molar-refractivity contribution is 5.56. The van der Waals surface area contributed by atoms with E-state index in [1.54, 1.807) is 0 Å². The number of piperidine rings is 1. The van der Waals surface area contributed by atoms with Crippen molar-refractivity contribution in [1.82, 2.24) is 9.97 Å². The number of rotatable bonds is 3. The minimum Gasteiger partial charge on any atom is -0.383 e. The molecule has 1 fully saturated rings. The van der Waals surface area contributed by atoms with Gasteiger partial charge in [-0.1, -0.05) is 34.1 Å². The monoisotopic (exact) mass is 276 g/mol. The second-order valence-corrected chi connectivity index (χ2v) is 6.72. The molecule has 112 valence electrons. The van der Waals surface area contributed by atoms with Crippen molar-refractivity contribution in [3.05, 3.63) is 11.4 Å². The van der Waals surface area contributed by atoms with Crippen LogP contribution in [0.25, 0.3) is 0 Å². The first-order chi connectivity index (χ1) is 9.36. The molecule has 1 aliphatic rings. The first-order valence-electron chi connectivity index (χ1n) is 7.75. The Hall–Kier alpha value is -1.32. The largest absolute Gasteiger partial charge is 0.383 e. The maximum Gasteiger partial charge on any atom is 0.137 e. The first-order valence-corrected chi connectivity index (χ1v) is 7.75. The van der Waals surface area contributed by atoms with E-state index in [2.05, 4.69) is 37.6 Å². The molecule has 0 aliphatic carbocycles. The Labute approximate surface area is 122 Å². The second kappa shape index (κ2) is 5.58. The lowest BCUT2D eigenvalue weighted by Crippen LogP contribution is -2.39. The van der Waals surface area contributed by atoms with Gasteiger partial charge in [-0.2, -0.15) is 0 Å². The highest BCUT2D eigenvalue weighted by Crippen LogP contribution is 2.36. The smallest absolute Gasteiger partial charge is 0.137 e. The fourth-order valence-corrected chi connectivity index (χ4v) is 2.72. The molecule has 4 nitrogen and oxygen atoms in total. The molecule has 0 spiro atoms. The van der Waals surface area contributed by atoms with Crippen LogP contribution in [0, 0.1) is 12.3 Å². The summed E-state index contributed by atoms with van der Waals surface area (Å²) in [5.41, 5.74) is 7.58. The number of aromatic nitrogens is 2. The van der Waals surface area contributed by atoms with Gasteiger partial charge in [0.1, 0.15) is 17.5 Å². The third-order valence-electron chi connectivity index (χ3n) is 4.82. The summed E-state index contributed by atoms with van der Waals surface area (Å²) in [4.78, 5) is 11.6. The van der Waals surface area contributed by atoms with Gasteiger partial charge in [-0.15, -0.1) is 0 Å². The molecule has 0 unspecified atom stereocenters. The quantitative estimate of drug-likeness (QED) is 0.918. The molecular formula is C16H28N4. The standard InChI is InChI=1S/C16H28N4/c1-6-16(5)7-9-20(10-8-16)15-12(4)13(17)18-14(19-15)11(2)3/h11H,6-10H2,1-5H3,(H2,17,18,19). The minimum atomic E-state index is 0.308. The Morgan fingerprint density at radius 2 is 1.85 bits per heavy atom. The van der Waals surface area contributed by atoms with E-state index in [1.165, 1.54) is 19.3 Å². The first kappa shape index (κ1) is 15.1. The molecule has 2 heterocycles. The Balaban J connectivity index is 2.25. The van der Waals surface area contributed by atoms with Crippen LogP contribution in [0.1, 0.15) is 64.3 Å². The van der Waals surface area contributed by atoms with Crippen molar-refractivity contribution in [2.75, 3.05) is 23.7 Å². The van der Waals surface area contributed by atoms with E-state index in [0.29, 0.717) is 17.2 Å². The second-order valence-electron chi connectivity index (χ2n) is 6.72. The van der Waals surface area contributed by atoms with Crippen molar-refractivity contribution >= 4 is 11.6 Å². The van der Waals surface area contributed by atoms with Crippen molar-refractivity contribution < 1.29 is 0 Å². The molecule has 0 amide bonds. The summed E-state index contributed by atoms with van der Waals surface area (Å²) in [6, 6.07) is 0. The van der Waals surface area contributed by atoms with Gasteiger partial charge in [0.15, 0.2) is 0 Å². The van der Waals surface area contributed by atoms with E-state index >= 15 is 0 Å². The Morgan fingerprint density at radius 3 is 2.35 bits per heavy atom. The fourth-order valence-electron chi connectivity index (χ4n) is 2.72. The highest BCUT2D eigenvalue weighted by atomic mass is 15.2. The van der Waals surface area contributed by atoms with E-state index in [-0.39, 0.29) is 0 Å². The topological polar surface area (TPSA) is 55.0 Å². The molecule has 0 atom stereocenters. The molecule has 1 aromatic rings. The summed E-state index contributed by atoms with van der Waals surface area (Å²) in [6.07, 6.45) is 3.71. The highest BCUT2D eigenvalue weighted by Gasteiger charge is 2.30. The lowest BCUT2D eigenvalue weighted by molar-refractivity contribution is 0.237. The lowest BCUT2D eigenvalue weighted by Gasteiger charge is -2.40. The van der Waals surface area contributed by atoms with Crippen molar-refractivity contribution in [3.63, 3.8) is 0 Å². The van der Waals surface area contributed by atoms with Gasteiger partial charge < -0.3 is 10.6 Å². The van der Waals surface area contributed by atoms with E-state index < -0.39 is 0 Å². The number of hydrogen-bond acceptors (Lipinski definition) is 4. The van der Waals surface area contributed by atoms with Crippen LogP contribution in [-0.4, -0.2) is 23.1 Å². The van der Waals surface area contributed by atoms with Crippen molar-refractivity contribution in [2.45, 2.75) is 59.8 Å². The minimum absolute atomic E-state index is 0.308. The molecule has 1 aromatic heterocycles. The van der Waals surface area contributed by atoms with Crippen LogP contribution in [0.15, 0.2) is 0 Å². The van der Waals surface area contributed by atoms with Gasteiger partial charge in [0.25, 0.3) is 0 Å². The van der Waals surface area contributed by atoms with E-state index in [4.69, 9.17) is 10.7 Å². The molecule has 1 saturated heterocycles.